The van der Waals surface area contributed by atoms with E-state index < -0.39 is 0 Å². The Kier molecular flexibility index (Phi) is 4.25. The van der Waals surface area contributed by atoms with Crippen LogP contribution in [0.3, 0.4) is 0 Å². The summed E-state index contributed by atoms with van der Waals surface area (Å²) in [6.07, 6.45) is 3.02. The number of amides is 1. The molecule has 1 unspecified atom stereocenters. The lowest BCUT2D eigenvalue weighted by atomic mass is 10.1. The maximum absolute atomic E-state index is 12.4. The van der Waals surface area contributed by atoms with Gasteiger partial charge >= 0.3 is 0 Å². The molecule has 20 heavy (non-hydrogen) atoms. The molecule has 0 fully saturated rings. The summed E-state index contributed by atoms with van der Waals surface area (Å²) in [6.45, 7) is 1.95. The first kappa shape index (κ1) is 14.3. The van der Waals surface area contributed by atoms with Crippen LogP contribution in [0.5, 0.6) is 0 Å². The van der Waals surface area contributed by atoms with Crippen molar-refractivity contribution >= 4 is 23.2 Å². The van der Waals surface area contributed by atoms with Gasteiger partial charge in [0.25, 0.3) is 5.91 Å². The molecule has 0 spiro atoms. The number of carbonyl (C=O) groups excluding carboxylic acids is 1. The summed E-state index contributed by atoms with van der Waals surface area (Å²) in [5.74, 6) is -0.146. The highest BCUT2D eigenvalue weighted by Crippen LogP contribution is 2.24. The van der Waals surface area contributed by atoms with Gasteiger partial charge in [0.15, 0.2) is 0 Å². The summed E-state index contributed by atoms with van der Waals surface area (Å²) >= 11 is 6.01. The van der Waals surface area contributed by atoms with E-state index in [-0.39, 0.29) is 11.9 Å². The summed E-state index contributed by atoms with van der Waals surface area (Å²) in [5, 5.41) is 0.351. The van der Waals surface area contributed by atoms with Crippen LogP contribution in [0.1, 0.15) is 28.9 Å². The molecule has 1 atom stereocenters. The van der Waals surface area contributed by atoms with Crippen molar-refractivity contribution < 1.29 is 4.79 Å². The van der Waals surface area contributed by atoms with Crippen LogP contribution >= 0.6 is 11.6 Å². The molecule has 0 aliphatic rings. The van der Waals surface area contributed by atoms with Crippen molar-refractivity contribution in [3.63, 3.8) is 0 Å². The van der Waals surface area contributed by atoms with Crippen molar-refractivity contribution in [2.75, 3.05) is 12.8 Å². The van der Waals surface area contributed by atoms with Gasteiger partial charge in [0.1, 0.15) is 0 Å². The molecule has 2 rings (SSSR count). The Morgan fingerprint density at radius 3 is 2.80 bits per heavy atom. The van der Waals surface area contributed by atoms with Gasteiger partial charge < -0.3 is 10.6 Å². The van der Waals surface area contributed by atoms with E-state index in [4.69, 9.17) is 17.3 Å². The highest BCUT2D eigenvalue weighted by molar-refractivity contribution is 6.33. The first-order chi connectivity index (χ1) is 9.50. The van der Waals surface area contributed by atoms with E-state index in [0.717, 1.165) is 5.56 Å². The van der Waals surface area contributed by atoms with Crippen LogP contribution in [0.4, 0.5) is 5.69 Å². The van der Waals surface area contributed by atoms with E-state index >= 15 is 0 Å². The fraction of sp³-hybridized carbons (Fsp3) is 0.200. The maximum Gasteiger partial charge on any atom is 0.255 e. The van der Waals surface area contributed by atoms with Crippen LogP contribution in [0, 0.1) is 0 Å². The van der Waals surface area contributed by atoms with E-state index in [9.17, 15) is 4.79 Å². The summed E-state index contributed by atoms with van der Waals surface area (Å²) in [7, 11) is 1.74. The van der Waals surface area contributed by atoms with Crippen LogP contribution in [0.25, 0.3) is 0 Å². The van der Waals surface area contributed by atoms with Crippen LogP contribution in [0.2, 0.25) is 5.02 Å². The number of nitrogens with zero attached hydrogens (tertiary/aromatic N) is 2. The molecule has 2 N–H and O–H groups in total. The fourth-order valence-electron chi connectivity index (χ4n) is 1.96. The molecule has 1 aromatic carbocycles. The zero-order chi connectivity index (χ0) is 14.7. The van der Waals surface area contributed by atoms with Crippen LogP contribution in [-0.2, 0) is 0 Å². The zero-order valence-corrected chi connectivity index (χ0v) is 12.1. The monoisotopic (exact) mass is 289 g/mol. The minimum absolute atomic E-state index is 0.102. The number of pyridine rings is 1. The Labute approximate surface area is 123 Å². The molecule has 1 heterocycles. The Morgan fingerprint density at radius 2 is 2.15 bits per heavy atom. The largest absolute Gasteiger partial charge is 0.399 e. The zero-order valence-electron chi connectivity index (χ0n) is 11.4. The van der Waals surface area contributed by atoms with Crippen molar-refractivity contribution in [3.8, 4) is 0 Å². The molecule has 0 radical (unpaired) electrons. The van der Waals surface area contributed by atoms with Crippen molar-refractivity contribution in [3.05, 3.63) is 58.9 Å². The molecular formula is C15H16ClN3O. The second kappa shape index (κ2) is 5.92. The van der Waals surface area contributed by atoms with E-state index in [2.05, 4.69) is 4.98 Å². The van der Waals surface area contributed by atoms with Crippen molar-refractivity contribution in [1.82, 2.24) is 9.88 Å². The number of anilines is 1. The second-order valence-electron chi connectivity index (χ2n) is 4.62. The van der Waals surface area contributed by atoms with E-state index in [0.29, 0.717) is 16.3 Å². The van der Waals surface area contributed by atoms with Crippen LogP contribution in [0.15, 0.2) is 42.7 Å². The van der Waals surface area contributed by atoms with Gasteiger partial charge in [-0.3, -0.25) is 9.78 Å². The SMILES string of the molecule is CC(c1cccc(N)c1)N(C)C(=O)c1ccncc1Cl. The van der Waals surface area contributed by atoms with E-state index in [1.807, 2.05) is 31.2 Å². The van der Waals surface area contributed by atoms with Gasteiger partial charge in [-0.2, -0.15) is 0 Å². The minimum Gasteiger partial charge on any atom is -0.399 e. The maximum atomic E-state index is 12.4. The standard InChI is InChI=1S/C15H16ClN3O/c1-10(11-4-3-5-12(17)8-11)19(2)15(20)13-6-7-18-9-14(13)16/h3-10H,17H2,1-2H3. The lowest BCUT2D eigenvalue weighted by Gasteiger charge is -2.26. The molecule has 4 nitrogen and oxygen atoms in total. The molecule has 1 amide bonds. The summed E-state index contributed by atoms with van der Waals surface area (Å²) in [6, 6.07) is 9.01. The molecular weight excluding hydrogens is 274 g/mol. The smallest absolute Gasteiger partial charge is 0.255 e. The lowest BCUT2D eigenvalue weighted by Crippen LogP contribution is -2.30. The topological polar surface area (TPSA) is 59.2 Å². The predicted octanol–water partition coefficient (Wildman–Crippen LogP) is 3.15. The molecule has 0 aliphatic carbocycles. The first-order valence-corrected chi connectivity index (χ1v) is 6.60. The Hall–Kier alpha value is -2.07. The number of halogens is 1. The van der Waals surface area contributed by atoms with Gasteiger partial charge in [0, 0.05) is 25.1 Å². The molecule has 104 valence electrons. The average Bonchev–Trinajstić information content (AvgIpc) is 2.45. The highest BCUT2D eigenvalue weighted by atomic mass is 35.5. The molecule has 1 aromatic heterocycles. The van der Waals surface area contributed by atoms with E-state index in [1.54, 1.807) is 24.2 Å². The summed E-state index contributed by atoms with van der Waals surface area (Å²) < 4.78 is 0. The van der Waals surface area contributed by atoms with Gasteiger partial charge in [0.2, 0.25) is 0 Å². The van der Waals surface area contributed by atoms with Gasteiger partial charge in [0.05, 0.1) is 16.6 Å². The molecule has 0 bridgehead atoms. The van der Waals surface area contributed by atoms with Crippen molar-refractivity contribution in [2.45, 2.75) is 13.0 Å². The van der Waals surface area contributed by atoms with Gasteiger partial charge in [-0.15, -0.1) is 0 Å². The average molecular weight is 290 g/mol. The Balaban J connectivity index is 2.25. The van der Waals surface area contributed by atoms with Gasteiger partial charge in [-0.25, -0.2) is 0 Å². The third-order valence-electron chi connectivity index (χ3n) is 3.30. The number of benzene rings is 1. The Morgan fingerprint density at radius 1 is 1.40 bits per heavy atom. The second-order valence-corrected chi connectivity index (χ2v) is 5.02. The molecule has 0 saturated carbocycles. The first-order valence-electron chi connectivity index (χ1n) is 6.23. The minimum atomic E-state index is -0.146. The normalized spacial score (nSPS) is 11.9. The quantitative estimate of drug-likeness (QED) is 0.883. The van der Waals surface area contributed by atoms with Gasteiger partial charge in [-0.1, -0.05) is 23.7 Å². The Bertz CT molecular complexity index is 630. The highest BCUT2D eigenvalue weighted by Gasteiger charge is 2.20. The fourth-order valence-corrected chi connectivity index (χ4v) is 2.16. The molecule has 0 aliphatic heterocycles. The number of hydrogen-bond acceptors (Lipinski definition) is 3. The van der Waals surface area contributed by atoms with Gasteiger partial charge in [-0.05, 0) is 30.7 Å². The number of hydrogen-bond donors (Lipinski definition) is 1. The number of nitrogen functional groups attached to an aromatic ring is 1. The number of carbonyl (C=O) groups is 1. The number of rotatable bonds is 3. The molecule has 0 saturated heterocycles. The predicted molar refractivity (Wildman–Crippen MR) is 80.6 cm³/mol. The molecule has 2 aromatic rings. The summed E-state index contributed by atoms with van der Waals surface area (Å²) in [5.41, 5.74) is 7.88. The third-order valence-corrected chi connectivity index (χ3v) is 3.60. The molecule has 5 heteroatoms. The summed E-state index contributed by atoms with van der Waals surface area (Å²) in [4.78, 5) is 18.0. The van der Waals surface area contributed by atoms with Crippen molar-refractivity contribution in [2.24, 2.45) is 0 Å². The van der Waals surface area contributed by atoms with E-state index in [1.165, 1.54) is 6.20 Å². The van der Waals surface area contributed by atoms with Crippen LogP contribution in [-0.4, -0.2) is 22.8 Å². The lowest BCUT2D eigenvalue weighted by molar-refractivity contribution is 0.0742. The van der Waals surface area contributed by atoms with Crippen LogP contribution < -0.4 is 5.73 Å². The number of aromatic nitrogens is 1. The number of nitrogens with two attached hydrogens (primary N) is 1. The third kappa shape index (κ3) is 2.91. The van der Waals surface area contributed by atoms with Crippen molar-refractivity contribution in [1.29, 1.82) is 0 Å².